The second-order valence-electron chi connectivity index (χ2n) is 7.56. The molecule has 0 unspecified atom stereocenters. The Balaban J connectivity index is 1.47. The number of carbonyl (C=O) groups excluding carboxylic acids is 2. The van der Waals surface area contributed by atoms with E-state index in [1.165, 1.54) is 0 Å². The number of nitrogens with one attached hydrogen (secondary N) is 1. The first kappa shape index (κ1) is 21.4. The lowest BCUT2D eigenvalue weighted by molar-refractivity contribution is 0.0745. The molecule has 0 fully saturated rings. The van der Waals surface area contributed by atoms with Crippen molar-refractivity contribution in [2.75, 3.05) is 20.8 Å². The minimum Gasteiger partial charge on any atom is -0.497 e. The van der Waals surface area contributed by atoms with Crippen LogP contribution in [0.2, 0.25) is 0 Å². The Bertz CT molecular complexity index is 1110. The van der Waals surface area contributed by atoms with E-state index in [-0.39, 0.29) is 24.1 Å². The topological polar surface area (TPSA) is 85.7 Å². The first-order valence-corrected chi connectivity index (χ1v) is 10.5. The van der Waals surface area contributed by atoms with E-state index in [1.54, 1.807) is 42.0 Å². The second kappa shape index (κ2) is 9.55. The summed E-state index contributed by atoms with van der Waals surface area (Å²) in [6.07, 6.45) is 0.773. The van der Waals surface area contributed by atoms with Crippen molar-refractivity contribution in [3.8, 4) is 11.5 Å². The van der Waals surface area contributed by atoms with Crippen molar-refractivity contribution in [1.29, 1.82) is 0 Å². The number of ether oxygens (including phenoxy) is 2. The molecule has 0 bridgehead atoms. The van der Waals surface area contributed by atoms with Gasteiger partial charge in [0.05, 0.1) is 14.2 Å². The summed E-state index contributed by atoms with van der Waals surface area (Å²) in [4.78, 5) is 27.7. The number of benzene rings is 2. The van der Waals surface area contributed by atoms with Gasteiger partial charge in [0.1, 0.15) is 17.2 Å². The molecule has 3 aromatic rings. The summed E-state index contributed by atoms with van der Waals surface area (Å²) in [5.74, 6) is 0.858. The molecule has 0 radical (unpaired) electrons. The highest BCUT2D eigenvalue weighted by Gasteiger charge is 2.26. The maximum absolute atomic E-state index is 13.1. The number of nitrogens with zero attached hydrogens (tertiary/aromatic N) is 3. The quantitative estimate of drug-likeness (QED) is 0.618. The van der Waals surface area contributed by atoms with Gasteiger partial charge in [-0.25, -0.2) is 0 Å². The molecule has 1 aliphatic rings. The van der Waals surface area contributed by atoms with Crippen LogP contribution in [0.1, 0.15) is 38.5 Å². The Kier molecular flexibility index (Phi) is 6.39. The van der Waals surface area contributed by atoms with Gasteiger partial charge in [0.25, 0.3) is 11.8 Å². The number of fused-ring (bicyclic) bond motifs is 1. The van der Waals surface area contributed by atoms with Gasteiger partial charge >= 0.3 is 0 Å². The van der Waals surface area contributed by atoms with Crippen molar-refractivity contribution in [3.05, 3.63) is 77.1 Å². The van der Waals surface area contributed by atoms with E-state index >= 15 is 0 Å². The molecule has 2 heterocycles. The summed E-state index contributed by atoms with van der Waals surface area (Å²) in [5, 5.41) is 7.25. The first-order valence-electron chi connectivity index (χ1n) is 10.5. The molecular weight excluding hydrogens is 408 g/mol. The Hall–Kier alpha value is -3.81. The van der Waals surface area contributed by atoms with Crippen LogP contribution in [0, 0.1) is 0 Å². The SMILES string of the molecule is COc1ccc(OC)c(CNC(=O)c2cc3n(n2)CCCN(Cc2ccccc2)C3=O)c1. The Morgan fingerprint density at radius 2 is 1.88 bits per heavy atom. The van der Waals surface area contributed by atoms with Crippen molar-refractivity contribution in [2.24, 2.45) is 0 Å². The van der Waals surface area contributed by atoms with Crippen molar-refractivity contribution in [1.82, 2.24) is 20.0 Å². The largest absolute Gasteiger partial charge is 0.497 e. The van der Waals surface area contributed by atoms with Crippen LogP contribution in [0.15, 0.2) is 54.6 Å². The summed E-state index contributed by atoms with van der Waals surface area (Å²) in [6, 6.07) is 16.8. The molecule has 166 valence electrons. The lowest BCUT2D eigenvalue weighted by atomic mass is 10.2. The summed E-state index contributed by atoms with van der Waals surface area (Å²) >= 11 is 0. The Morgan fingerprint density at radius 3 is 2.62 bits per heavy atom. The fourth-order valence-electron chi connectivity index (χ4n) is 3.79. The third-order valence-corrected chi connectivity index (χ3v) is 5.46. The van der Waals surface area contributed by atoms with Crippen molar-refractivity contribution < 1.29 is 19.1 Å². The molecule has 0 spiro atoms. The van der Waals surface area contributed by atoms with Crippen LogP contribution in [-0.2, 0) is 19.6 Å². The van der Waals surface area contributed by atoms with Crippen LogP contribution in [-0.4, -0.2) is 47.3 Å². The molecular formula is C24H26N4O4. The van der Waals surface area contributed by atoms with E-state index in [2.05, 4.69) is 10.4 Å². The number of amides is 2. The number of rotatable bonds is 7. The standard InChI is InChI=1S/C24H26N4O4/c1-31-19-9-10-22(32-2)18(13-19)15-25-23(29)20-14-21-24(30)27(11-6-12-28(21)26-20)16-17-7-4-3-5-8-17/h3-5,7-10,13-14H,6,11-12,15-16H2,1-2H3,(H,25,29). The molecule has 2 amide bonds. The average Bonchev–Trinajstić information content (AvgIpc) is 3.20. The Labute approximate surface area is 186 Å². The first-order chi connectivity index (χ1) is 15.6. The fourth-order valence-corrected chi connectivity index (χ4v) is 3.79. The van der Waals surface area contributed by atoms with E-state index in [4.69, 9.17) is 9.47 Å². The summed E-state index contributed by atoms with van der Waals surface area (Å²) in [6.45, 7) is 2.01. The second-order valence-corrected chi connectivity index (χ2v) is 7.56. The lowest BCUT2D eigenvalue weighted by Crippen LogP contribution is -2.30. The predicted octanol–water partition coefficient (Wildman–Crippen LogP) is 2.88. The molecule has 8 nitrogen and oxygen atoms in total. The maximum atomic E-state index is 13.1. The number of aryl methyl sites for hydroxylation is 1. The summed E-state index contributed by atoms with van der Waals surface area (Å²) in [7, 11) is 3.16. The molecule has 0 saturated heterocycles. The van der Waals surface area contributed by atoms with E-state index in [0.29, 0.717) is 36.8 Å². The number of hydrogen-bond donors (Lipinski definition) is 1. The van der Waals surface area contributed by atoms with Crippen molar-refractivity contribution >= 4 is 11.8 Å². The highest BCUT2D eigenvalue weighted by Crippen LogP contribution is 2.24. The van der Waals surface area contributed by atoms with Gasteiger partial charge in [0, 0.05) is 37.8 Å². The zero-order valence-electron chi connectivity index (χ0n) is 18.2. The van der Waals surface area contributed by atoms with Crippen LogP contribution in [0.5, 0.6) is 11.5 Å². The maximum Gasteiger partial charge on any atom is 0.272 e. The zero-order chi connectivity index (χ0) is 22.5. The van der Waals surface area contributed by atoms with Gasteiger partial charge in [-0.2, -0.15) is 5.10 Å². The fraction of sp³-hybridized carbons (Fsp3) is 0.292. The predicted molar refractivity (Wildman–Crippen MR) is 119 cm³/mol. The van der Waals surface area contributed by atoms with Crippen molar-refractivity contribution in [3.63, 3.8) is 0 Å². The summed E-state index contributed by atoms with van der Waals surface area (Å²) < 4.78 is 12.2. The van der Waals surface area contributed by atoms with Gasteiger partial charge in [-0.3, -0.25) is 14.3 Å². The Morgan fingerprint density at radius 1 is 1.06 bits per heavy atom. The van der Waals surface area contributed by atoms with Gasteiger partial charge in [0.2, 0.25) is 0 Å². The molecule has 8 heteroatoms. The van der Waals surface area contributed by atoms with Gasteiger partial charge < -0.3 is 19.7 Å². The number of hydrogen-bond acceptors (Lipinski definition) is 5. The van der Waals surface area contributed by atoms with Crippen LogP contribution < -0.4 is 14.8 Å². The normalized spacial score (nSPS) is 13.3. The van der Waals surface area contributed by atoms with Gasteiger partial charge in [-0.05, 0) is 30.2 Å². The number of methoxy groups -OCH3 is 2. The molecule has 1 aliphatic heterocycles. The minimum absolute atomic E-state index is 0.118. The number of aromatic nitrogens is 2. The monoisotopic (exact) mass is 434 g/mol. The third kappa shape index (κ3) is 4.59. The molecule has 2 aromatic carbocycles. The molecule has 0 saturated carbocycles. The summed E-state index contributed by atoms with van der Waals surface area (Å²) in [5.41, 5.74) is 2.50. The van der Waals surface area contributed by atoms with Crippen LogP contribution in [0.4, 0.5) is 0 Å². The lowest BCUT2D eigenvalue weighted by Gasteiger charge is -2.20. The van der Waals surface area contributed by atoms with E-state index in [9.17, 15) is 9.59 Å². The highest BCUT2D eigenvalue weighted by molar-refractivity contribution is 5.98. The van der Waals surface area contributed by atoms with Crippen LogP contribution in [0.25, 0.3) is 0 Å². The third-order valence-electron chi connectivity index (χ3n) is 5.46. The smallest absolute Gasteiger partial charge is 0.272 e. The number of carbonyl (C=O) groups is 2. The zero-order valence-corrected chi connectivity index (χ0v) is 18.2. The molecule has 1 aromatic heterocycles. The molecule has 0 atom stereocenters. The van der Waals surface area contributed by atoms with Crippen LogP contribution >= 0.6 is 0 Å². The molecule has 4 rings (SSSR count). The molecule has 32 heavy (non-hydrogen) atoms. The average molecular weight is 434 g/mol. The minimum atomic E-state index is -0.349. The highest BCUT2D eigenvalue weighted by atomic mass is 16.5. The van der Waals surface area contributed by atoms with Crippen LogP contribution in [0.3, 0.4) is 0 Å². The molecule has 0 aliphatic carbocycles. The van der Waals surface area contributed by atoms with Crippen molar-refractivity contribution in [2.45, 2.75) is 26.1 Å². The van der Waals surface area contributed by atoms with E-state index in [0.717, 1.165) is 17.5 Å². The van der Waals surface area contributed by atoms with E-state index in [1.807, 2.05) is 36.4 Å². The van der Waals surface area contributed by atoms with E-state index < -0.39 is 0 Å². The van der Waals surface area contributed by atoms with Gasteiger partial charge in [0.15, 0.2) is 5.69 Å². The van der Waals surface area contributed by atoms with Gasteiger partial charge in [-0.1, -0.05) is 30.3 Å². The van der Waals surface area contributed by atoms with Gasteiger partial charge in [-0.15, -0.1) is 0 Å². The molecule has 1 N–H and O–H groups in total.